The summed E-state index contributed by atoms with van der Waals surface area (Å²) < 4.78 is 28.3. The zero-order valence-corrected chi connectivity index (χ0v) is 13.9. The number of rotatable bonds is 5. The highest BCUT2D eigenvalue weighted by molar-refractivity contribution is 7.91. The molecular formula is C14H19ClN2O4S. The van der Waals surface area contributed by atoms with Gasteiger partial charge in [0.15, 0.2) is 9.84 Å². The number of anilines is 1. The number of sulfone groups is 1. The van der Waals surface area contributed by atoms with Gasteiger partial charge in [0.2, 0.25) is 0 Å². The first-order chi connectivity index (χ1) is 10.4. The maximum absolute atomic E-state index is 12.4. The van der Waals surface area contributed by atoms with E-state index in [1.165, 1.54) is 4.90 Å². The average Bonchev–Trinajstić information content (AvgIpc) is 2.82. The van der Waals surface area contributed by atoms with Crippen molar-refractivity contribution in [3.63, 3.8) is 0 Å². The molecule has 0 bridgehead atoms. The van der Waals surface area contributed by atoms with Crippen LogP contribution in [0.1, 0.15) is 6.42 Å². The molecule has 0 saturated carbocycles. The molecule has 0 unspecified atom stereocenters. The van der Waals surface area contributed by atoms with Crippen LogP contribution in [0.25, 0.3) is 0 Å². The third-order valence-corrected chi connectivity index (χ3v) is 5.54. The van der Waals surface area contributed by atoms with E-state index in [-0.39, 0.29) is 23.6 Å². The van der Waals surface area contributed by atoms with Crippen molar-refractivity contribution in [2.75, 3.05) is 37.1 Å². The molecule has 0 radical (unpaired) electrons. The first kappa shape index (κ1) is 17.1. The molecular weight excluding hydrogens is 328 g/mol. The Labute approximate surface area is 135 Å². The number of carbonyl (C=O) groups is 1. The normalized spacial score (nSPS) is 19.8. The lowest BCUT2D eigenvalue weighted by Gasteiger charge is -2.28. The van der Waals surface area contributed by atoms with Gasteiger partial charge in [0.1, 0.15) is 0 Å². The van der Waals surface area contributed by atoms with Crippen molar-refractivity contribution in [1.29, 1.82) is 0 Å². The van der Waals surface area contributed by atoms with Gasteiger partial charge in [-0.05, 0) is 30.7 Å². The van der Waals surface area contributed by atoms with Gasteiger partial charge >= 0.3 is 6.03 Å². The van der Waals surface area contributed by atoms with Crippen LogP contribution in [0.4, 0.5) is 10.5 Å². The van der Waals surface area contributed by atoms with Gasteiger partial charge in [-0.2, -0.15) is 0 Å². The number of hydrogen-bond acceptors (Lipinski definition) is 4. The zero-order valence-electron chi connectivity index (χ0n) is 12.3. The number of nitrogens with one attached hydrogen (secondary N) is 1. The molecule has 2 rings (SSSR count). The maximum atomic E-state index is 12.4. The lowest BCUT2D eigenvalue weighted by Crippen LogP contribution is -2.45. The molecule has 1 N–H and O–H groups in total. The lowest BCUT2D eigenvalue weighted by atomic mass is 10.2. The molecule has 0 spiro atoms. The van der Waals surface area contributed by atoms with E-state index >= 15 is 0 Å². The summed E-state index contributed by atoms with van der Waals surface area (Å²) in [5.74, 6) is 0.125. The molecule has 6 nitrogen and oxygen atoms in total. The standard InChI is InChI=1S/C14H19ClN2O4S/c1-21-8-7-17(13-6-9-22(19,20)10-13)14(18)16-12-4-2-11(15)3-5-12/h2-5,13H,6-10H2,1H3,(H,16,18)/t13-/m0/s1. The van der Waals surface area contributed by atoms with Gasteiger partial charge < -0.3 is 15.0 Å². The van der Waals surface area contributed by atoms with Crippen molar-refractivity contribution < 1.29 is 17.9 Å². The first-order valence-corrected chi connectivity index (χ1v) is 9.14. The van der Waals surface area contributed by atoms with Gasteiger partial charge in [0.25, 0.3) is 0 Å². The van der Waals surface area contributed by atoms with Crippen LogP contribution >= 0.6 is 11.6 Å². The highest BCUT2D eigenvalue weighted by Gasteiger charge is 2.34. The van der Waals surface area contributed by atoms with Crippen molar-refractivity contribution in [2.45, 2.75) is 12.5 Å². The summed E-state index contributed by atoms with van der Waals surface area (Å²) in [4.78, 5) is 14.0. The fourth-order valence-corrected chi connectivity index (χ4v) is 4.25. The maximum Gasteiger partial charge on any atom is 0.322 e. The Kier molecular flexibility index (Phi) is 5.66. The van der Waals surface area contributed by atoms with Gasteiger partial charge in [-0.25, -0.2) is 13.2 Å². The van der Waals surface area contributed by atoms with Crippen molar-refractivity contribution >= 4 is 33.2 Å². The topological polar surface area (TPSA) is 75.7 Å². The van der Waals surface area contributed by atoms with Crippen LogP contribution in [-0.4, -0.2) is 57.2 Å². The lowest BCUT2D eigenvalue weighted by molar-refractivity contribution is 0.140. The number of hydrogen-bond donors (Lipinski definition) is 1. The predicted octanol–water partition coefficient (Wildman–Crippen LogP) is 2.01. The Morgan fingerprint density at radius 2 is 2.09 bits per heavy atom. The molecule has 1 saturated heterocycles. The number of benzene rings is 1. The van der Waals surface area contributed by atoms with Crippen molar-refractivity contribution in [3.8, 4) is 0 Å². The summed E-state index contributed by atoms with van der Waals surface area (Å²) >= 11 is 5.81. The molecule has 1 heterocycles. The summed E-state index contributed by atoms with van der Waals surface area (Å²) in [5.41, 5.74) is 0.609. The minimum absolute atomic E-state index is 0.00471. The van der Waals surface area contributed by atoms with Gasteiger partial charge in [-0.15, -0.1) is 0 Å². The molecule has 1 atom stereocenters. The molecule has 0 aromatic heterocycles. The zero-order chi connectivity index (χ0) is 16.2. The van der Waals surface area contributed by atoms with E-state index in [9.17, 15) is 13.2 Å². The van der Waals surface area contributed by atoms with Crippen LogP contribution in [0.2, 0.25) is 5.02 Å². The molecule has 2 amide bonds. The monoisotopic (exact) mass is 346 g/mol. The molecule has 1 aromatic carbocycles. The quantitative estimate of drug-likeness (QED) is 0.884. The van der Waals surface area contributed by atoms with Gasteiger partial charge in [0, 0.05) is 30.4 Å². The second-order valence-electron chi connectivity index (χ2n) is 5.18. The van der Waals surface area contributed by atoms with Crippen LogP contribution in [0, 0.1) is 0 Å². The van der Waals surface area contributed by atoms with E-state index in [2.05, 4.69) is 5.32 Å². The first-order valence-electron chi connectivity index (χ1n) is 6.94. The van der Waals surface area contributed by atoms with Gasteiger partial charge in [0.05, 0.1) is 18.1 Å². The highest BCUT2D eigenvalue weighted by Crippen LogP contribution is 2.20. The number of halogens is 1. The third-order valence-electron chi connectivity index (χ3n) is 3.54. The average molecular weight is 347 g/mol. The summed E-state index contributed by atoms with van der Waals surface area (Å²) in [6.07, 6.45) is 0.458. The van der Waals surface area contributed by atoms with Crippen molar-refractivity contribution in [3.05, 3.63) is 29.3 Å². The minimum atomic E-state index is -3.06. The molecule has 1 fully saturated rings. The van der Waals surface area contributed by atoms with E-state index in [0.717, 1.165) is 0 Å². The van der Waals surface area contributed by atoms with E-state index < -0.39 is 9.84 Å². The Bertz CT molecular complexity index is 618. The fourth-order valence-electron chi connectivity index (χ4n) is 2.39. The smallest absolute Gasteiger partial charge is 0.322 e. The van der Waals surface area contributed by atoms with E-state index in [1.54, 1.807) is 31.4 Å². The Hall–Kier alpha value is -1.31. The minimum Gasteiger partial charge on any atom is -0.383 e. The second-order valence-corrected chi connectivity index (χ2v) is 7.85. The number of methoxy groups -OCH3 is 1. The van der Waals surface area contributed by atoms with Crippen LogP contribution in [0.3, 0.4) is 0 Å². The molecule has 8 heteroatoms. The molecule has 0 aliphatic carbocycles. The van der Waals surface area contributed by atoms with Gasteiger partial charge in [-0.3, -0.25) is 0 Å². The molecule has 1 aliphatic rings. The number of carbonyl (C=O) groups excluding carboxylic acids is 1. The summed E-state index contributed by atoms with van der Waals surface area (Å²) in [5, 5.41) is 3.34. The van der Waals surface area contributed by atoms with Crippen molar-refractivity contribution in [1.82, 2.24) is 4.90 Å². The molecule has 122 valence electrons. The summed E-state index contributed by atoms with van der Waals surface area (Å²) in [7, 11) is -1.52. The number of urea groups is 1. The van der Waals surface area contributed by atoms with Gasteiger partial charge in [-0.1, -0.05) is 11.6 Å². The molecule has 1 aliphatic heterocycles. The number of ether oxygens (including phenoxy) is 1. The second kappa shape index (κ2) is 7.30. The predicted molar refractivity (Wildman–Crippen MR) is 86.1 cm³/mol. The van der Waals surface area contributed by atoms with Crippen LogP contribution in [-0.2, 0) is 14.6 Å². The van der Waals surface area contributed by atoms with Crippen LogP contribution in [0.5, 0.6) is 0 Å². The molecule has 22 heavy (non-hydrogen) atoms. The Morgan fingerprint density at radius 3 is 2.64 bits per heavy atom. The molecule has 1 aromatic rings. The van der Waals surface area contributed by atoms with Crippen molar-refractivity contribution in [2.24, 2.45) is 0 Å². The fraction of sp³-hybridized carbons (Fsp3) is 0.500. The van der Waals surface area contributed by atoms with E-state index in [1.807, 2.05) is 0 Å². The summed E-state index contributed by atoms with van der Waals surface area (Å²) in [6.45, 7) is 0.695. The van der Waals surface area contributed by atoms with E-state index in [0.29, 0.717) is 30.3 Å². The van der Waals surface area contributed by atoms with Crippen LogP contribution in [0.15, 0.2) is 24.3 Å². The Balaban J connectivity index is 2.07. The third kappa shape index (κ3) is 4.59. The van der Waals surface area contributed by atoms with E-state index in [4.69, 9.17) is 16.3 Å². The van der Waals surface area contributed by atoms with Crippen LogP contribution < -0.4 is 5.32 Å². The SMILES string of the molecule is COCCN(C(=O)Nc1ccc(Cl)cc1)[C@H]1CCS(=O)(=O)C1. The highest BCUT2D eigenvalue weighted by atomic mass is 35.5. The largest absolute Gasteiger partial charge is 0.383 e. The number of nitrogens with zero attached hydrogens (tertiary/aromatic N) is 1. The Morgan fingerprint density at radius 1 is 1.41 bits per heavy atom. The number of amides is 2. The summed E-state index contributed by atoms with van der Waals surface area (Å²) in [6, 6.07) is 6.10.